The van der Waals surface area contributed by atoms with Crippen LogP contribution in [-0.2, 0) is 11.3 Å². The molecule has 9 heteroatoms. The lowest BCUT2D eigenvalue weighted by molar-refractivity contribution is -0.384. The van der Waals surface area contributed by atoms with Crippen molar-refractivity contribution in [1.82, 2.24) is 20.1 Å². The van der Waals surface area contributed by atoms with E-state index in [4.69, 9.17) is 0 Å². The van der Waals surface area contributed by atoms with E-state index in [9.17, 15) is 14.9 Å². The van der Waals surface area contributed by atoms with Crippen LogP contribution in [0.4, 0.5) is 5.69 Å². The van der Waals surface area contributed by atoms with Gasteiger partial charge in [0.1, 0.15) is 0 Å². The predicted octanol–water partition coefficient (Wildman–Crippen LogP) is 3.66. The number of hydrogen-bond donors (Lipinski definition) is 1. The SMILES string of the molecule is CCn1c(SCC(=O)N[C@@H]2CCCC[C@H]2C)nnc1-c1cccc([N+](=O)[O-])c1. The summed E-state index contributed by atoms with van der Waals surface area (Å²) in [7, 11) is 0. The smallest absolute Gasteiger partial charge is 0.270 e. The number of nitrogens with zero attached hydrogens (tertiary/aromatic N) is 4. The van der Waals surface area contributed by atoms with Crippen LogP contribution in [0.3, 0.4) is 0 Å². The molecule has 0 bridgehead atoms. The van der Waals surface area contributed by atoms with E-state index >= 15 is 0 Å². The zero-order valence-corrected chi connectivity index (χ0v) is 16.9. The van der Waals surface area contributed by atoms with Crippen LogP contribution in [0.5, 0.6) is 0 Å². The molecular weight excluding hydrogens is 378 g/mol. The van der Waals surface area contributed by atoms with E-state index in [2.05, 4.69) is 22.4 Å². The van der Waals surface area contributed by atoms with Gasteiger partial charge in [0.05, 0.1) is 10.7 Å². The molecule has 0 aliphatic heterocycles. The van der Waals surface area contributed by atoms with Crippen molar-refractivity contribution in [2.45, 2.75) is 57.3 Å². The quantitative estimate of drug-likeness (QED) is 0.430. The van der Waals surface area contributed by atoms with Gasteiger partial charge in [-0.3, -0.25) is 14.9 Å². The molecule has 1 aromatic carbocycles. The van der Waals surface area contributed by atoms with Crippen molar-refractivity contribution in [2.24, 2.45) is 5.92 Å². The molecule has 0 unspecified atom stereocenters. The molecule has 1 aromatic heterocycles. The highest BCUT2D eigenvalue weighted by molar-refractivity contribution is 7.99. The van der Waals surface area contributed by atoms with Gasteiger partial charge >= 0.3 is 0 Å². The molecule has 1 amide bonds. The summed E-state index contributed by atoms with van der Waals surface area (Å²) in [6, 6.07) is 6.60. The van der Waals surface area contributed by atoms with Crippen molar-refractivity contribution in [1.29, 1.82) is 0 Å². The summed E-state index contributed by atoms with van der Waals surface area (Å²) in [5, 5.41) is 23.2. The molecular formula is C19H25N5O3S. The topological polar surface area (TPSA) is 103 Å². The number of nitro groups is 1. The number of carbonyl (C=O) groups is 1. The van der Waals surface area contributed by atoms with Crippen LogP contribution in [0.1, 0.15) is 39.5 Å². The van der Waals surface area contributed by atoms with Gasteiger partial charge in [-0.05, 0) is 25.7 Å². The minimum absolute atomic E-state index is 0.00584. The second-order valence-electron chi connectivity index (χ2n) is 7.08. The first kappa shape index (κ1) is 20.3. The fraction of sp³-hybridized carbons (Fsp3) is 0.526. The number of amides is 1. The first-order valence-corrected chi connectivity index (χ1v) is 10.6. The van der Waals surface area contributed by atoms with E-state index in [1.807, 2.05) is 11.5 Å². The van der Waals surface area contributed by atoms with Gasteiger partial charge in [-0.25, -0.2) is 0 Å². The summed E-state index contributed by atoms with van der Waals surface area (Å²) in [6.07, 6.45) is 4.61. The highest BCUT2D eigenvalue weighted by Crippen LogP contribution is 2.27. The highest BCUT2D eigenvalue weighted by Gasteiger charge is 2.23. The summed E-state index contributed by atoms with van der Waals surface area (Å²) >= 11 is 1.34. The third-order valence-electron chi connectivity index (χ3n) is 5.14. The van der Waals surface area contributed by atoms with Gasteiger partial charge in [0, 0.05) is 30.3 Å². The first-order chi connectivity index (χ1) is 13.5. The number of carbonyl (C=O) groups excluding carboxylic acids is 1. The maximum Gasteiger partial charge on any atom is 0.270 e. The Labute approximate surface area is 168 Å². The highest BCUT2D eigenvalue weighted by atomic mass is 32.2. The van der Waals surface area contributed by atoms with Crippen molar-refractivity contribution < 1.29 is 9.72 Å². The lowest BCUT2D eigenvalue weighted by atomic mass is 9.86. The molecule has 1 aliphatic carbocycles. The van der Waals surface area contributed by atoms with Crippen LogP contribution >= 0.6 is 11.8 Å². The molecule has 0 saturated heterocycles. The number of thioether (sulfide) groups is 1. The monoisotopic (exact) mass is 403 g/mol. The predicted molar refractivity (Wildman–Crippen MR) is 108 cm³/mol. The molecule has 1 fully saturated rings. The van der Waals surface area contributed by atoms with Gasteiger partial charge in [0.25, 0.3) is 5.69 Å². The van der Waals surface area contributed by atoms with Gasteiger partial charge in [0.2, 0.25) is 5.91 Å². The van der Waals surface area contributed by atoms with Crippen molar-refractivity contribution in [3.05, 3.63) is 34.4 Å². The Bertz CT molecular complexity index is 854. The van der Waals surface area contributed by atoms with Gasteiger partial charge in [-0.15, -0.1) is 10.2 Å². The van der Waals surface area contributed by atoms with Gasteiger partial charge < -0.3 is 9.88 Å². The average molecular weight is 404 g/mol. The van der Waals surface area contributed by atoms with Crippen LogP contribution in [0.2, 0.25) is 0 Å². The lowest BCUT2D eigenvalue weighted by Crippen LogP contribution is -2.41. The lowest BCUT2D eigenvalue weighted by Gasteiger charge is -2.29. The van der Waals surface area contributed by atoms with E-state index in [0.29, 0.717) is 29.0 Å². The third kappa shape index (κ3) is 4.70. The third-order valence-corrected chi connectivity index (χ3v) is 6.11. The Morgan fingerprint density at radius 2 is 2.14 bits per heavy atom. The van der Waals surface area contributed by atoms with Crippen molar-refractivity contribution in [2.75, 3.05) is 5.75 Å². The maximum atomic E-state index is 12.4. The van der Waals surface area contributed by atoms with Gasteiger partial charge in [-0.2, -0.15) is 0 Å². The number of non-ortho nitro benzene ring substituents is 1. The van der Waals surface area contributed by atoms with E-state index in [1.165, 1.54) is 36.7 Å². The van der Waals surface area contributed by atoms with Crippen LogP contribution in [0, 0.1) is 16.0 Å². The van der Waals surface area contributed by atoms with E-state index in [1.54, 1.807) is 12.1 Å². The number of hydrogen-bond acceptors (Lipinski definition) is 6. The molecule has 2 atom stereocenters. The van der Waals surface area contributed by atoms with Gasteiger partial charge in [-0.1, -0.05) is 43.7 Å². The maximum absolute atomic E-state index is 12.4. The fourth-order valence-corrected chi connectivity index (χ4v) is 4.38. The van der Waals surface area contributed by atoms with Crippen molar-refractivity contribution >= 4 is 23.4 Å². The van der Waals surface area contributed by atoms with Gasteiger partial charge in [0.15, 0.2) is 11.0 Å². The summed E-state index contributed by atoms with van der Waals surface area (Å²) in [5.41, 5.74) is 0.647. The summed E-state index contributed by atoms with van der Waals surface area (Å²) in [5.74, 6) is 1.36. The molecule has 8 nitrogen and oxygen atoms in total. The van der Waals surface area contributed by atoms with Crippen molar-refractivity contribution in [3.8, 4) is 11.4 Å². The molecule has 1 saturated carbocycles. The fourth-order valence-electron chi connectivity index (χ4n) is 3.56. The van der Waals surface area contributed by atoms with E-state index in [0.717, 1.165) is 12.8 Å². The zero-order chi connectivity index (χ0) is 20.1. The zero-order valence-electron chi connectivity index (χ0n) is 16.1. The van der Waals surface area contributed by atoms with E-state index in [-0.39, 0.29) is 23.4 Å². The minimum Gasteiger partial charge on any atom is -0.352 e. The molecule has 28 heavy (non-hydrogen) atoms. The molecule has 1 N–H and O–H groups in total. The first-order valence-electron chi connectivity index (χ1n) is 9.59. The number of benzene rings is 1. The molecule has 1 heterocycles. The summed E-state index contributed by atoms with van der Waals surface area (Å²) < 4.78 is 1.88. The molecule has 3 rings (SSSR count). The number of nitrogens with one attached hydrogen (secondary N) is 1. The van der Waals surface area contributed by atoms with Crippen LogP contribution in [-0.4, -0.2) is 37.4 Å². The van der Waals surface area contributed by atoms with Crippen molar-refractivity contribution in [3.63, 3.8) is 0 Å². The Morgan fingerprint density at radius 1 is 1.36 bits per heavy atom. The second kappa shape index (κ2) is 9.18. The Balaban J connectivity index is 1.67. The van der Waals surface area contributed by atoms with Crippen LogP contribution in [0.25, 0.3) is 11.4 Å². The number of rotatable bonds is 7. The second-order valence-corrected chi connectivity index (χ2v) is 8.02. The molecule has 0 spiro atoms. The van der Waals surface area contributed by atoms with E-state index < -0.39 is 4.92 Å². The number of nitro benzene ring substituents is 1. The average Bonchev–Trinajstić information content (AvgIpc) is 3.11. The Kier molecular flexibility index (Phi) is 6.66. The minimum atomic E-state index is -0.428. The summed E-state index contributed by atoms with van der Waals surface area (Å²) in [6.45, 7) is 4.75. The summed E-state index contributed by atoms with van der Waals surface area (Å²) in [4.78, 5) is 23.0. The van der Waals surface area contributed by atoms with Crippen LogP contribution in [0.15, 0.2) is 29.4 Å². The Hall–Kier alpha value is -2.42. The Morgan fingerprint density at radius 3 is 2.86 bits per heavy atom. The van der Waals surface area contributed by atoms with Crippen LogP contribution < -0.4 is 5.32 Å². The molecule has 150 valence electrons. The standard InChI is InChI=1S/C19H25N5O3S/c1-3-23-18(14-8-6-9-15(11-14)24(26)27)21-22-19(23)28-12-17(25)20-16-10-5-4-7-13(16)2/h6,8-9,11,13,16H,3-5,7,10,12H2,1-2H3,(H,20,25)/t13-,16-/m1/s1. The normalized spacial score (nSPS) is 19.4. The largest absolute Gasteiger partial charge is 0.352 e. The molecule has 2 aromatic rings. The number of aromatic nitrogens is 3. The molecule has 0 radical (unpaired) electrons. The molecule has 1 aliphatic rings.